The Labute approximate surface area is 93.3 Å². The van der Waals surface area contributed by atoms with Crippen molar-refractivity contribution in [3.05, 3.63) is 12.7 Å². The highest BCUT2D eigenvalue weighted by atomic mass is 16.2. The minimum atomic E-state index is -0.457. The quantitative estimate of drug-likeness (QED) is 0.724. The zero-order valence-electron chi connectivity index (χ0n) is 10.6. The molecule has 0 aliphatic rings. The van der Waals surface area contributed by atoms with Gasteiger partial charge in [0.2, 0.25) is 5.91 Å². The van der Waals surface area contributed by atoms with Gasteiger partial charge in [0.05, 0.1) is 0 Å². The van der Waals surface area contributed by atoms with Crippen molar-refractivity contribution in [2.24, 2.45) is 5.73 Å². The second kappa shape index (κ2) is 4.79. The molecule has 0 heterocycles. The lowest BCUT2D eigenvalue weighted by molar-refractivity contribution is -0.136. The van der Waals surface area contributed by atoms with Crippen LogP contribution >= 0.6 is 0 Å². The number of nitrogens with zero attached hydrogens (tertiary/aromatic N) is 1. The molecule has 0 unspecified atom stereocenters. The zero-order valence-corrected chi connectivity index (χ0v) is 10.6. The topological polar surface area (TPSA) is 46.3 Å². The molecule has 88 valence electrons. The molecule has 1 amide bonds. The highest BCUT2D eigenvalue weighted by Crippen LogP contribution is 2.17. The van der Waals surface area contributed by atoms with Gasteiger partial charge in [-0.3, -0.25) is 4.79 Å². The molecule has 15 heavy (non-hydrogen) atoms. The van der Waals surface area contributed by atoms with Crippen molar-refractivity contribution in [2.75, 3.05) is 6.54 Å². The van der Waals surface area contributed by atoms with Gasteiger partial charge in [-0.05, 0) is 34.6 Å². The molecular formula is C12H24N2O. The summed E-state index contributed by atoms with van der Waals surface area (Å²) in [5.41, 5.74) is 5.20. The van der Waals surface area contributed by atoms with Gasteiger partial charge in [-0.2, -0.15) is 0 Å². The highest BCUT2D eigenvalue weighted by molar-refractivity contribution is 5.78. The number of rotatable bonds is 4. The van der Waals surface area contributed by atoms with Gasteiger partial charge in [0.1, 0.15) is 0 Å². The van der Waals surface area contributed by atoms with Gasteiger partial charge < -0.3 is 10.6 Å². The van der Waals surface area contributed by atoms with Crippen LogP contribution in [0, 0.1) is 0 Å². The molecule has 0 aromatic carbocycles. The molecule has 0 fully saturated rings. The number of carbonyl (C=O) groups is 1. The Bertz CT molecular complexity index is 233. The van der Waals surface area contributed by atoms with E-state index >= 15 is 0 Å². The van der Waals surface area contributed by atoms with Crippen LogP contribution in [0.15, 0.2) is 12.7 Å². The lowest BCUT2D eigenvalue weighted by Crippen LogP contribution is -2.49. The molecule has 0 atom stereocenters. The summed E-state index contributed by atoms with van der Waals surface area (Å²) < 4.78 is 0. The van der Waals surface area contributed by atoms with E-state index in [0.29, 0.717) is 13.0 Å². The lowest BCUT2D eigenvalue weighted by atomic mass is 9.98. The first-order valence-electron chi connectivity index (χ1n) is 5.28. The molecule has 3 nitrogen and oxygen atoms in total. The number of hydrogen-bond donors (Lipinski definition) is 1. The Kier molecular flexibility index (Phi) is 4.53. The van der Waals surface area contributed by atoms with Crippen molar-refractivity contribution in [3.8, 4) is 0 Å². The van der Waals surface area contributed by atoms with E-state index in [4.69, 9.17) is 5.73 Å². The van der Waals surface area contributed by atoms with Crippen molar-refractivity contribution in [3.63, 3.8) is 0 Å². The molecule has 0 aliphatic carbocycles. The second-order valence-corrected chi connectivity index (χ2v) is 5.63. The van der Waals surface area contributed by atoms with Gasteiger partial charge in [0.25, 0.3) is 0 Å². The third-order valence-electron chi connectivity index (χ3n) is 2.03. The van der Waals surface area contributed by atoms with Gasteiger partial charge in [-0.1, -0.05) is 6.08 Å². The Morgan fingerprint density at radius 2 is 1.80 bits per heavy atom. The van der Waals surface area contributed by atoms with E-state index in [1.807, 2.05) is 34.6 Å². The van der Waals surface area contributed by atoms with E-state index in [9.17, 15) is 4.79 Å². The molecule has 0 aliphatic heterocycles. The number of nitrogens with two attached hydrogens (primary N) is 1. The van der Waals surface area contributed by atoms with Gasteiger partial charge in [-0.25, -0.2) is 0 Å². The molecule has 0 saturated heterocycles. The summed E-state index contributed by atoms with van der Waals surface area (Å²) in [7, 11) is 0. The van der Waals surface area contributed by atoms with Gasteiger partial charge in [-0.15, -0.1) is 6.58 Å². The number of hydrogen-bond acceptors (Lipinski definition) is 2. The van der Waals surface area contributed by atoms with Crippen molar-refractivity contribution < 1.29 is 4.79 Å². The van der Waals surface area contributed by atoms with E-state index in [2.05, 4.69) is 6.58 Å². The Balaban J connectivity index is 4.65. The maximum atomic E-state index is 12.0. The molecule has 0 radical (unpaired) electrons. The number of carbonyl (C=O) groups excluding carboxylic acids is 1. The molecule has 0 aromatic rings. The third kappa shape index (κ3) is 5.57. The van der Waals surface area contributed by atoms with E-state index in [1.165, 1.54) is 0 Å². The van der Waals surface area contributed by atoms with Crippen molar-refractivity contribution in [2.45, 2.75) is 52.1 Å². The first-order valence-corrected chi connectivity index (χ1v) is 5.28. The maximum absolute atomic E-state index is 12.0. The van der Waals surface area contributed by atoms with E-state index in [0.717, 1.165) is 0 Å². The van der Waals surface area contributed by atoms with Gasteiger partial charge in [0, 0.05) is 24.0 Å². The maximum Gasteiger partial charge on any atom is 0.225 e. The van der Waals surface area contributed by atoms with E-state index in [1.54, 1.807) is 11.0 Å². The second-order valence-electron chi connectivity index (χ2n) is 5.63. The van der Waals surface area contributed by atoms with Crippen LogP contribution in [0.4, 0.5) is 0 Å². The summed E-state index contributed by atoms with van der Waals surface area (Å²) in [5.74, 6) is 0.0786. The summed E-state index contributed by atoms with van der Waals surface area (Å²) in [6.45, 7) is 14.0. The highest BCUT2D eigenvalue weighted by Gasteiger charge is 2.28. The fourth-order valence-electron chi connectivity index (χ4n) is 1.36. The summed E-state index contributed by atoms with van der Waals surface area (Å²) in [4.78, 5) is 13.8. The summed E-state index contributed by atoms with van der Waals surface area (Å²) >= 11 is 0. The van der Waals surface area contributed by atoms with Crippen LogP contribution in [-0.4, -0.2) is 28.4 Å². The zero-order chi connectivity index (χ0) is 12.3. The molecule has 2 N–H and O–H groups in total. The minimum absolute atomic E-state index is 0.0786. The standard InChI is InChI=1S/C12H24N2O/c1-7-8-14(11(2,3)4)10(15)9-12(5,6)13/h7H,1,8-9,13H2,2-6H3. The fourth-order valence-corrected chi connectivity index (χ4v) is 1.36. The van der Waals surface area contributed by atoms with Crippen molar-refractivity contribution >= 4 is 5.91 Å². The van der Waals surface area contributed by atoms with E-state index < -0.39 is 5.54 Å². The van der Waals surface area contributed by atoms with Crippen LogP contribution in [0.25, 0.3) is 0 Å². The monoisotopic (exact) mass is 212 g/mol. The number of amides is 1. The average molecular weight is 212 g/mol. The SMILES string of the molecule is C=CCN(C(=O)CC(C)(C)N)C(C)(C)C. The predicted octanol–water partition coefficient (Wildman–Crippen LogP) is 1.93. The van der Waals surface area contributed by atoms with Crippen LogP contribution in [0.2, 0.25) is 0 Å². The summed E-state index contributed by atoms with van der Waals surface area (Å²) in [5, 5.41) is 0. The van der Waals surface area contributed by atoms with Gasteiger partial charge in [0.15, 0.2) is 0 Å². The first kappa shape index (κ1) is 14.2. The Hall–Kier alpha value is -0.830. The molecule has 0 bridgehead atoms. The van der Waals surface area contributed by atoms with Gasteiger partial charge >= 0.3 is 0 Å². The van der Waals surface area contributed by atoms with Crippen LogP contribution < -0.4 is 5.73 Å². The molecule has 0 spiro atoms. The largest absolute Gasteiger partial charge is 0.334 e. The predicted molar refractivity (Wildman–Crippen MR) is 64.5 cm³/mol. The fraction of sp³-hybridized carbons (Fsp3) is 0.750. The van der Waals surface area contributed by atoms with E-state index in [-0.39, 0.29) is 11.4 Å². The summed E-state index contributed by atoms with van der Waals surface area (Å²) in [6.07, 6.45) is 2.10. The summed E-state index contributed by atoms with van der Waals surface area (Å²) in [6, 6.07) is 0. The Morgan fingerprint density at radius 1 is 1.33 bits per heavy atom. The first-order chi connectivity index (χ1) is 6.58. The molecule has 0 aromatic heterocycles. The van der Waals surface area contributed by atoms with Crippen molar-refractivity contribution in [1.29, 1.82) is 0 Å². The average Bonchev–Trinajstić information content (AvgIpc) is 1.93. The molecule has 3 heteroatoms. The Morgan fingerprint density at radius 3 is 2.07 bits per heavy atom. The molecule has 0 rings (SSSR count). The minimum Gasteiger partial charge on any atom is -0.334 e. The smallest absolute Gasteiger partial charge is 0.225 e. The van der Waals surface area contributed by atoms with Crippen LogP contribution in [-0.2, 0) is 4.79 Å². The van der Waals surface area contributed by atoms with Crippen LogP contribution in [0.5, 0.6) is 0 Å². The van der Waals surface area contributed by atoms with Crippen LogP contribution in [0.3, 0.4) is 0 Å². The molecule has 0 saturated carbocycles. The normalized spacial score (nSPS) is 12.4. The molecular weight excluding hydrogens is 188 g/mol. The lowest BCUT2D eigenvalue weighted by Gasteiger charge is -2.36. The van der Waals surface area contributed by atoms with Crippen molar-refractivity contribution in [1.82, 2.24) is 4.90 Å². The third-order valence-corrected chi connectivity index (χ3v) is 2.03. The van der Waals surface area contributed by atoms with Crippen LogP contribution in [0.1, 0.15) is 41.0 Å².